The molecule has 1 heterocycles. The third kappa shape index (κ3) is 3.77. The monoisotopic (exact) mass is 313 g/mol. The molecule has 1 aliphatic carbocycles. The Bertz CT molecular complexity index is 490. The van der Waals surface area contributed by atoms with Crippen molar-refractivity contribution in [3.63, 3.8) is 0 Å². The van der Waals surface area contributed by atoms with Gasteiger partial charge in [-0.1, -0.05) is 19.8 Å². The SMILES string of the molecule is CCC1CCC(C#N)(NS(=O)(=O)N2CCCCC2C)CC1. The van der Waals surface area contributed by atoms with E-state index >= 15 is 0 Å². The maximum absolute atomic E-state index is 12.6. The van der Waals surface area contributed by atoms with Gasteiger partial charge in [-0.15, -0.1) is 0 Å². The van der Waals surface area contributed by atoms with E-state index in [1.165, 1.54) is 0 Å². The molecule has 0 aromatic heterocycles. The predicted molar refractivity (Wildman–Crippen MR) is 82.7 cm³/mol. The zero-order valence-corrected chi connectivity index (χ0v) is 14.0. The van der Waals surface area contributed by atoms with Crippen LogP contribution in [0.1, 0.15) is 65.2 Å². The quantitative estimate of drug-likeness (QED) is 0.867. The molecule has 5 nitrogen and oxygen atoms in total. The zero-order chi connectivity index (χ0) is 15.5. The fourth-order valence-electron chi connectivity index (χ4n) is 3.55. The first-order chi connectivity index (χ1) is 9.92. The van der Waals surface area contributed by atoms with Crippen LogP contribution in [-0.4, -0.2) is 30.8 Å². The fourth-order valence-corrected chi connectivity index (χ4v) is 5.36. The molecule has 2 rings (SSSR count). The van der Waals surface area contributed by atoms with Gasteiger partial charge in [0.2, 0.25) is 0 Å². The average molecular weight is 313 g/mol. The summed E-state index contributed by atoms with van der Waals surface area (Å²) in [5.74, 6) is 0.630. The molecule has 1 saturated carbocycles. The molecule has 0 aromatic rings. The topological polar surface area (TPSA) is 73.2 Å². The highest BCUT2D eigenvalue weighted by Crippen LogP contribution is 2.34. The van der Waals surface area contributed by atoms with Gasteiger partial charge in [0.1, 0.15) is 5.54 Å². The van der Waals surface area contributed by atoms with Crippen molar-refractivity contribution in [1.29, 1.82) is 5.26 Å². The predicted octanol–water partition coefficient (Wildman–Crippen LogP) is 2.56. The maximum atomic E-state index is 12.6. The standard InChI is InChI=1S/C15H27N3O2S/c1-3-14-7-9-15(12-16,10-8-14)17-21(19,20)18-11-5-4-6-13(18)2/h13-14,17H,3-11H2,1-2H3. The highest BCUT2D eigenvalue weighted by atomic mass is 32.2. The van der Waals surface area contributed by atoms with E-state index in [2.05, 4.69) is 17.7 Å². The minimum absolute atomic E-state index is 0.0268. The lowest BCUT2D eigenvalue weighted by Crippen LogP contribution is -2.56. The molecule has 2 fully saturated rings. The second-order valence-corrected chi connectivity index (χ2v) is 8.23. The molecular formula is C15H27N3O2S. The Labute approximate surface area is 128 Å². The Kier molecular flexibility index (Phi) is 5.29. The number of nitriles is 1. The summed E-state index contributed by atoms with van der Waals surface area (Å²) < 4.78 is 29.6. The van der Waals surface area contributed by atoms with Gasteiger partial charge in [0, 0.05) is 12.6 Å². The average Bonchev–Trinajstić information content (AvgIpc) is 2.48. The Morgan fingerprint density at radius 3 is 2.48 bits per heavy atom. The number of nitrogens with zero attached hydrogens (tertiary/aromatic N) is 2. The normalized spacial score (nSPS) is 35.3. The minimum atomic E-state index is -3.57. The van der Waals surface area contributed by atoms with Crippen molar-refractivity contribution >= 4 is 10.2 Å². The lowest BCUT2D eigenvalue weighted by Gasteiger charge is -2.39. The number of hydrogen-bond acceptors (Lipinski definition) is 3. The van der Waals surface area contributed by atoms with Gasteiger partial charge in [-0.3, -0.25) is 0 Å². The first-order valence-corrected chi connectivity index (χ1v) is 9.58. The summed E-state index contributed by atoms with van der Waals surface area (Å²) in [5, 5.41) is 9.53. The van der Waals surface area contributed by atoms with Gasteiger partial charge in [-0.05, 0) is 51.4 Å². The van der Waals surface area contributed by atoms with E-state index in [9.17, 15) is 13.7 Å². The van der Waals surface area contributed by atoms with Crippen LogP contribution in [0.5, 0.6) is 0 Å². The van der Waals surface area contributed by atoms with Gasteiger partial charge in [-0.2, -0.15) is 22.7 Å². The molecule has 0 radical (unpaired) electrons. The van der Waals surface area contributed by atoms with Crippen LogP contribution in [0.2, 0.25) is 0 Å². The maximum Gasteiger partial charge on any atom is 0.281 e. The molecule has 1 atom stereocenters. The molecular weight excluding hydrogens is 286 g/mol. The van der Waals surface area contributed by atoms with Crippen molar-refractivity contribution in [3.05, 3.63) is 0 Å². The number of piperidine rings is 1. The molecule has 0 spiro atoms. The van der Waals surface area contributed by atoms with Crippen molar-refractivity contribution in [1.82, 2.24) is 9.03 Å². The van der Waals surface area contributed by atoms with Crippen LogP contribution >= 0.6 is 0 Å². The van der Waals surface area contributed by atoms with Crippen LogP contribution in [0.4, 0.5) is 0 Å². The van der Waals surface area contributed by atoms with E-state index in [0.717, 1.165) is 38.5 Å². The van der Waals surface area contributed by atoms with E-state index in [0.29, 0.717) is 25.3 Å². The second-order valence-electron chi connectivity index (χ2n) is 6.61. The van der Waals surface area contributed by atoms with E-state index in [1.54, 1.807) is 4.31 Å². The molecule has 1 N–H and O–H groups in total. The zero-order valence-electron chi connectivity index (χ0n) is 13.1. The third-order valence-electron chi connectivity index (χ3n) is 5.13. The van der Waals surface area contributed by atoms with Crippen LogP contribution < -0.4 is 4.72 Å². The Hall–Kier alpha value is -0.640. The highest BCUT2D eigenvalue weighted by Gasteiger charge is 2.41. The highest BCUT2D eigenvalue weighted by molar-refractivity contribution is 7.87. The summed E-state index contributed by atoms with van der Waals surface area (Å²) in [5.41, 5.74) is -0.901. The molecule has 0 aromatic carbocycles. The van der Waals surface area contributed by atoms with Gasteiger partial charge >= 0.3 is 0 Å². The Morgan fingerprint density at radius 2 is 1.95 bits per heavy atom. The number of nitrogens with one attached hydrogen (secondary N) is 1. The lowest BCUT2D eigenvalue weighted by molar-refractivity contribution is 0.236. The molecule has 0 amide bonds. The van der Waals surface area contributed by atoms with Crippen molar-refractivity contribution < 1.29 is 8.42 Å². The molecule has 1 unspecified atom stereocenters. The summed E-state index contributed by atoms with van der Waals surface area (Å²) in [6, 6.07) is 2.28. The largest absolute Gasteiger partial charge is 0.281 e. The van der Waals surface area contributed by atoms with E-state index in [1.807, 2.05) is 6.92 Å². The third-order valence-corrected chi connectivity index (χ3v) is 6.93. The molecule has 0 bridgehead atoms. The van der Waals surface area contributed by atoms with E-state index in [4.69, 9.17) is 0 Å². The van der Waals surface area contributed by atoms with Crippen molar-refractivity contribution in [2.45, 2.75) is 76.8 Å². The van der Waals surface area contributed by atoms with Crippen LogP contribution in [0, 0.1) is 17.2 Å². The van der Waals surface area contributed by atoms with Crippen LogP contribution in [0.25, 0.3) is 0 Å². The Morgan fingerprint density at radius 1 is 1.29 bits per heavy atom. The number of rotatable bonds is 4. The van der Waals surface area contributed by atoms with E-state index < -0.39 is 15.7 Å². The summed E-state index contributed by atoms with van der Waals surface area (Å²) in [6.07, 6.45) is 7.12. The van der Waals surface area contributed by atoms with Gasteiger partial charge in [0.25, 0.3) is 10.2 Å². The molecule has 6 heteroatoms. The Balaban J connectivity index is 2.09. The molecule has 120 valence electrons. The summed E-state index contributed by atoms with van der Waals surface area (Å²) >= 11 is 0. The second kappa shape index (κ2) is 6.64. The fraction of sp³-hybridized carbons (Fsp3) is 0.933. The smallest absolute Gasteiger partial charge is 0.196 e. The first-order valence-electron chi connectivity index (χ1n) is 8.14. The first kappa shape index (κ1) is 16.7. The summed E-state index contributed by atoms with van der Waals surface area (Å²) in [6.45, 7) is 4.67. The minimum Gasteiger partial charge on any atom is -0.196 e. The molecule has 1 aliphatic heterocycles. The van der Waals surface area contributed by atoms with Gasteiger partial charge in [-0.25, -0.2) is 0 Å². The van der Waals surface area contributed by atoms with Gasteiger partial charge in [0.05, 0.1) is 6.07 Å². The van der Waals surface area contributed by atoms with Gasteiger partial charge in [0.15, 0.2) is 0 Å². The molecule has 2 aliphatic rings. The summed E-state index contributed by atoms with van der Waals surface area (Å²) in [7, 11) is -3.57. The van der Waals surface area contributed by atoms with Gasteiger partial charge < -0.3 is 0 Å². The van der Waals surface area contributed by atoms with Crippen molar-refractivity contribution in [3.8, 4) is 6.07 Å². The van der Waals surface area contributed by atoms with Crippen LogP contribution in [0.15, 0.2) is 0 Å². The van der Waals surface area contributed by atoms with Crippen LogP contribution in [-0.2, 0) is 10.2 Å². The van der Waals surface area contributed by atoms with Crippen molar-refractivity contribution in [2.75, 3.05) is 6.54 Å². The summed E-state index contributed by atoms with van der Waals surface area (Å²) in [4.78, 5) is 0. The number of hydrogen-bond donors (Lipinski definition) is 1. The molecule has 21 heavy (non-hydrogen) atoms. The van der Waals surface area contributed by atoms with Crippen LogP contribution in [0.3, 0.4) is 0 Å². The molecule has 1 saturated heterocycles. The van der Waals surface area contributed by atoms with Crippen molar-refractivity contribution in [2.24, 2.45) is 5.92 Å². The van der Waals surface area contributed by atoms with E-state index in [-0.39, 0.29) is 6.04 Å². The lowest BCUT2D eigenvalue weighted by atomic mass is 9.77.